The molecule has 0 radical (unpaired) electrons. The van der Waals surface area contributed by atoms with Crippen molar-refractivity contribution in [1.82, 2.24) is 5.48 Å². The number of carbonyl (C=O) groups excluding carboxylic acids is 2. The summed E-state index contributed by atoms with van der Waals surface area (Å²) in [5.74, 6) is -0.264. The van der Waals surface area contributed by atoms with Crippen molar-refractivity contribution < 1.29 is 14.8 Å². The van der Waals surface area contributed by atoms with Crippen LogP contribution in [0.1, 0.15) is 161 Å². The van der Waals surface area contributed by atoms with Crippen LogP contribution < -0.4 is 5.48 Å². The van der Waals surface area contributed by atoms with Crippen LogP contribution in [0.2, 0.25) is 0 Å². The lowest BCUT2D eigenvalue weighted by molar-refractivity contribution is -0.129. The third-order valence-electron chi connectivity index (χ3n) is 6.61. The molecule has 0 rings (SSSR count). The molecule has 0 unspecified atom stereocenters. The first-order chi connectivity index (χ1) is 16.3. The Morgan fingerprint density at radius 1 is 0.515 bits per heavy atom. The van der Waals surface area contributed by atoms with Crippen LogP contribution in [0.3, 0.4) is 0 Å². The zero-order valence-electron chi connectivity index (χ0n) is 21.6. The van der Waals surface area contributed by atoms with E-state index in [1.165, 1.54) is 135 Å². The highest BCUT2D eigenvalue weighted by atomic mass is 16.5. The fourth-order valence-electron chi connectivity index (χ4n) is 4.47. The van der Waals surface area contributed by atoms with Gasteiger partial charge in [-0.3, -0.25) is 10.0 Å². The van der Waals surface area contributed by atoms with E-state index < -0.39 is 0 Å². The first kappa shape index (κ1) is 31.8. The van der Waals surface area contributed by atoms with Gasteiger partial charge in [-0.1, -0.05) is 141 Å². The molecule has 0 aliphatic rings. The van der Waals surface area contributed by atoms with Crippen LogP contribution in [0, 0.1) is 0 Å². The number of unbranched alkanes of at least 4 members (excludes halogenated alkanes) is 23. The molecule has 5 nitrogen and oxygen atoms in total. The van der Waals surface area contributed by atoms with E-state index in [-0.39, 0.29) is 5.91 Å². The molecule has 2 N–H and O–H groups in total. The predicted octanol–water partition coefficient (Wildman–Crippen LogP) is 8.58. The van der Waals surface area contributed by atoms with Gasteiger partial charge >= 0.3 is 0 Å². The average Bonchev–Trinajstić information content (AvgIpc) is 2.83. The Morgan fingerprint density at radius 2 is 0.788 bits per heavy atom. The number of rotatable bonds is 27. The molecule has 0 heterocycles. The number of hydrogen-bond acceptors (Lipinski definition) is 4. The highest BCUT2D eigenvalue weighted by molar-refractivity contribution is 5.74. The molecular formula is C28H54N2O3. The lowest BCUT2D eigenvalue weighted by Gasteiger charge is -2.04. The second-order valence-electron chi connectivity index (χ2n) is 9.74. The zero-order chi connectivity index (χ0) is 24.1. The molecule has 194 valence electrons. The van der Waals surface area contributed by atoms with E-state index in [4.69, 9.17) is 5.21 Å². The molecule has 0 spiro atoms. The summed E-state index contributed by atoms with van der Waals surface area (Å²) in [5, 5.41) is 8.42. The number of amides is 1. The Balaban J connectivity index is 3.04. The minimum Gasteiger partial charge on any atom is -0.289 e. The van der Waals surface area contributed by atoms with Crippen molar-refractivity contribution in [3.8, 4) is 0 Å². The molecule has 1 amide bonds. The van der Waals surface area contributed by atoms with Crippen molar-refractivity contribution in [3.63, 3.8) is 0 Å². The fourth-order valence-corrected chi connectivity index (χ4v) is 4.47. The Labute approximate surface area is 204 Å². The molecule has 0 atom stereocenters. The van der Waals surface area contributed by atoms with Crippen LogP contribution in [-0.4, -0.2) is 23.7 Å². The Kier molecular flexibility index (Phi) is 27.8. The highest BCUT2D eigenvalue weighted by Gasteiger charge is 1.99. The van der Waals surface area contributed by atoms with Gasteiger partial charge in [-0.15, -0.1) is 0 Å². The van der Waals surface area contributed by atoms with E-state index >= 15 is 0 Å². The van der Waals surface area contributed by atoms with E-state index in [2.05, 4.69) is 4.99 Å². The van der Waals surface area contributed by atoms with E-state index in [1.807, 2.05) is 0 Å². The number of carbonyl (C=O) groups is 1. The zero-order valence-corrected chi connectivity index (χ0v) is 21.6. The molecule has 0 aromatic heterocycles. The normalized spacial score (nSPS) is 10.8. The van der Waals surface area contributed by atoms with Crippen molar-refractivity contribution in [2.24, 2.45) is 4.99 Å². The van der Waals surface area contributed by atoms with Gasteiger partial charge in [0.05, 0.1) is 6.54 Å². The first-order valence-electron chi connectivity index (χ1n) is 14.3. The molecule has 0 aromatic rings. The average molecular weight is 467 g/mol. The second-order valence-corrected chi connectivity index (χ2v) is 9.74. The number of hydrogen-bond donors (Lipinski definition) is 2. The molecule has 5 heteroatoms. The summed E-state index contributed by atoms with van der Waals surface area (Å²) in [4.78, 5) is 24.4. The molecule has 33 heavy (non-hydrogen) atoms. The van der Waals surface area contributed by atoms with Gasteiger partial charge in [0, 0.05) is 6.42 Å². The van der Waals surface area contributed by atoms with Gasteiger partial charge in [-0.2, -0.15) is 0 Å². The number of aliphatic imine (C=N–C) groups is 1. The van der Waals surface area contributed by atoms with Gasteiger partial charge in [0.25, 0.3) is 0 Å². The summed E-state index contributed by atoms with van der Waals surface area (Å²) in [6, 6.07) is 0. The minimum absolute atomic E-state index is 0.264. The molecule has 0 aromatic carbocycles. The van der Waals surface area contributed by atoms with Gasteiger partial charge < -0.3 is 0 Å². The van der Waals surface area contributed by atoms with Crippen LogP contribution in [0.5, 0.6) is 0 Å². The molecule has 0 saturated heterocycles. The maximum atomic E-state index is 10.9. The summed E-state index contributed by atoms with van der Waals surface area (Å²) in [5.41, 5.74) is 1.69. The van der Waals surface area contributed by atoms with E-state index in [9.17, 15) is 9.59 Å². The lowest BCUT2D eigenvalue weighted by Crippen LogP contribution is -2.17. The molecule has 0 aliphatic carbocycles. The summed E-state index contributed by atoms with van der Waals surface area (Å²) in [6.07, 6.45) is 33.7. The molecular weight excluding hydrogens is 412 g/mol. The summed E-state index contributed by atoms with van der Waals surface area (Å²) in [7, 11) is 0. The van der Waals surface area contributed by atoms with Crippen molar-refractivity contribution in [2.45, 2.75) is 161 Å². The van der Waals surface area contributed by atoms with Crippen molar-refractivity contribution in [2.75, 3.05) is 6.54 Å². The van der Waals surface area contributed by atoms with Crippen LogP contribution in [-0.2, 0) is 9.59 Å². The van der Waals surface area contributed by atoms with Gasteiger partial charge in [0.1, 0.15) is 0 Å². The van der Waals surface area contributed by atoms with Gasteiger partial charge in [0.2, 0.25) is 12.0 Å². The minimum atomic E-state index is -0.264. The molecule has 0 aliphatic heterocycles. The highest BCUT2D eigenvalue weighted by Crippen LogP contribution is 2.15. The predicted molar refractivity (Wildman–Crippen MR) is 138 cm³/mol. The standard InChI is InChI=1S/C28H54N2O3/c31-27-29-26-24-22-20-18-16-14-12-10-8-6-4-2-1-3-5-7-9-11-13-15-17-19-21-23-25-28(32)30-33/h33H,1-26H2,(H,30,32). The third kappa shape index (κ3) is 28.8. The van der Waals surface area contributed by atoms with Crippen molar-refractivity contribution >= 4 is 12.0 Å². The van der Waals surface area contributed by atoms with Crippen LogP contribution in [0.25, 0.3) is 0 Å². The molecule has 0 bridgehead atoms. The maximum absolute atomic E-state index is 10.9. The summed E-state index contributed by atoms with van der Waals surface area (Å²) in [6.45, 7) is 0.656. The van der Waals surface area contributed by atoms with Crippen molar-refractivity contribution in [1.29, 1.82) is 0 Å². The maximum Gasteiger partial charge on any atom is 0.243 e. The Morgan fingerprint density at radius 3 is 1.06 bits per heavy atom. The van der Waals surface area contributed by atoms with Gasteiger partial charge in [-0.05, 0) is 12.8 Å². The largest absolute Gasteiger partial charge is 0.289 e. The van der Waals surface area contributed by atoms with E-state index in [0.717, 1.165) is 19.3 Å². The van der Waals surface area contributed by atoms with Gasteiger partial charge in [0.15, 0.2) is 0 Å². The Bertz CT molecular complexity index is 450. The second kappa shape index (κ2) is 28.8. The smallest absolute Gasteiger partial charge is 0.243 e. The first-order valence-corrected chi connectivity index (χ1v) is 14.3. The van der Waals surface area contributed by atoms with E-state index in [1.54, 1.807) is 11.6 Å². The molecule has 0 saturated carbocycles. The quantitative estimate of drug-likeness (QED) is 0.0418. The van der Waals surface area contributed by atoms with Crippen LogP contribution in [0.15, 0.2) is 4.99 Å². The number of isocyanates is 1. The van der Waals surface area contributed by atoms with Gasteiger partial charge in [-0.25, -0.2) is 15.3 Å². The number of nitrogens with zero attached hydrogens (tertiary/aromatic N) is 1. The third-order valence-corrected chi connectivity index (χ3v) is 6.61. The SMILES string of the molecule is O=C=NCCCCCCCCCCCCCCCCCCCCCCCCCCC(=O)NO. The van der Waals surface area contributed by atoms with E-state index in [0.29, 0.717) is 13.0 Å². The monoisotopic (exact) mass is 466 g/mol. The van der Waals surface area contributed by atoms with Crippen molar-refractivity contribution in [3.05, 3.63) is 0 Å². The topological polar surface area (TPSA) is 78.8 Å². The van der Waals surface area contributed by atoms with Crippen LogP contribution in [0.4, 0.5) is 0 Å². The molecule has 0 fully saturated rings. The fraction of sp³-hybridized carbons (Fsp3) is 0.929. The number of hydroxylamine groups is 1. The van der Waals surface area contributed by atoms with Crippen LogP contribution >= 0.6 is 0 Å². The lowest BCUT2D eigenvalue weighted by atomic mass is 10.0. The summed E-state index contributed by atoms with van der Waals surface area (Å²) < 4.78 is 0. The Hall–Kier alpha value is -1.19. The summed E-state index contributed by atoms with van der Waals surface area (Å²) >= 11 is 0. The number of nitrogens with one attached hydrogen (secondary N) is 1.